The Morgan fingerprint density at radius 2 is 0.800 bits per heavy atom. The average Bonchev–Trinajstić information content (AvgIpc) is 3.65. The lowest BCUT2D eigenvalue weighted by atomic mass is 9.75. The molecule has 50 heavy (non-hydrogen) atoms. The van der Waals surface area contributed by atoms with Crippen molar-refractivity contribution in [3.05, 3.63) is 169 Å². The molecule has 10 aromatic rings. The number of furan rings is 1. The van der Waals surface area contributed by atoms with Crippen LogP contribution in [-0.2, 0) is 5.41 Å². The molecule has 0 saturated carbocycles. The van der Waals surface area contributed by atoms with E-state index in [2.05, 4.69) is 166 Å². The summed E-state index contributed by atoms with van der Waals surface area (Å²) in [6.45, 7) is 4.87. The topological polar surface area (TPSA) is 13.1 Å². The van der Waals surface area contributed by atoms with Gasteiger partial charge in [0.1, 0.15) is 11.2 Å². The molecule has 1 heterocycles. The maximum absolute atomic E-state index is 6.24. The van der Waals surface area contributed by atoms with Gasteiger partial charge in [0.05, 0.1) is 0 Å². The van der Waals surface area contributed by atoms with Crippen LogP contribution in [0, 0.1) is 0 Å². The van der Waals surface area contributed by atoms with Gasteiger partial charge in [0, 0.05) is 16.2 Å². The van der Waals surface area contributed by atoms with Gasteiger partial charge in [-0.15, -0.1) is 0 Å². The number of fused-ring (bicyclic) bond motifs is 13. The van der Waals surface area contributed by atoms with Gasteiger partial charge in [0.15, 0.2) is 0 Å². The first kappa shape index (κ1) is 27.7. The summed E-state index contributed by atoms with van der Waals surface area (Å²) < 4.78 is 6.24. The summed E-state index contributed by atoms with van der Waals surface area (Å²) in [5, 5.41) is 12.7. The van der Waals surface area contributed by atoms with E-state index < -0.39 is 0 Å². The Morgan fingerprint density at radius 1 is 0.340 bits per heavy atom. The summed E-state index contributed by atoms with van der Waals surface area (Å²) in [7, 11) is 0. The third kappa shape index (κ3) is 3.56. The first-order valence-electron chi connectivity index (χ1n) is 17.5. The molecular weight excluding hydrogens is 605 g/mol. The summed E-state index contributed by atoms with van der Waals surface area (Å²) in [5.41, 5.74) is 12.3. The Bertz CT molecular complexity index is 3010. The van der Waals surface area contributed by atoms with E-state index in [1.807, 2.05) is 6.07 Å². The summed E-state index contributed by atoms with van der Waals surface area (Å²) >= 11 is 0. The van der Waals surface area contributed by atoms with Crippen molar-refractivity contribution >= 4 is 65.0 Å². The number of benzene rings is 9. The number of para-hydroxylation sites is 1. The summed E-state index contributed by atoms with van der Waals surface area (Å²) in [5.74, 6) is 0. The van der Waals surface area contributed by atoms with Crippen LogP contribution in [0.15, 0.2) is 162 Å². The van der Waals surface area contributed by atoms with Gasteiger partial charge >= 0.3 is 0 Å². The molecule has 234 valence electrons. The highest BCUT2D eigenvalue weighted by Gasteiger charge is 2.40. The number of hydrogen-bond donors (Lipinski definition) is 0. The Kier molecular flexibility index (Phi) is 5.51. The Morgan fingerprint density at radius 3 is 1.44 bits per heavy atom. The minimum Gasteiger partial charge on any atom is -0.456 e. The van der Waals surface area contributed by atoms with Crippen LogP contribution in [0.3, 0.4) is 0 Å². The van der Waals surface area contributed by atoms with E-state index in [4.69, 9.17) is 4.42 Å². The quantitative estimate of drug-likeness (QED) is 0.136. The lowest BCUT2D eigenvalue weighted by molar-refractivity contribution is 0.668. The predicted molar refractivity (Wildman–Crippen MR) is 212 cm³/mol. The third-order valence-electron chi connectivity index (χ3n) is 11.4. The van der Waals surface area contributed by atoms with Crippen molar-refractivity contribution < 1.29 is 4.42 Å². The van der Waals surface area contributed by atoms with Gasteiger partial charge in [-0.05, 0) is 106 Å². The van der Waals surface area contributed by atoms with Crippen LogP contribution >= 0.6 is 0 Å². The Labute approximate surface area is 290 Å². The van der Waals surface area contributed by atoms with Crippen LogP contribution in [-0.4, -0.2) is 0 Å². The van der Waals surface area contributed by atoms with Crippen LogP contribution in [0.1, 0.15) is 25.0 Å². The van der Waals surface area contributed by atoms with Crippen molar-refractivity contribution in [2.24, 2.45) is 0 Å². The van der Waals surface area contributed by atoms with Gasteiger partial charge in [-0.25, -0.2) is 0 Å². The monoisotopic (exact) mass is 636 g/mol. The highest BCUT2D eigenvalue weighted by Crippen LogP contribution is 2.58. The highest BCUT2D eigenvalue weighted by molar-refractivity contribution is 6.24. The van der Waals surface area contributed by atoms with Gasteiger partial charge in [-0.2, -0.15) is 0 Å². The lowest BCUT2D eigenvalue weighted by Crippen LogP contribution is -2.17. The number of rotatable bonds is 2. The van der Waals surface area contributed by atoms with E-state index >= 15 is 0 Å². The van der Waals surface area contributed by atoms with Gasteiger partial charge in [-0.1, -0.05) is 153 Å². The minimum atomic E-state index is -0.223. The van der Waals surface area contributed by atoms with Crippen molar-refractivity contribution in [3.8, 4) is 33.4 Å². The Hall–Kier alpha value is -6.18. The molecule has 11 rings (SSSR count). The summed E-state index contributed by atoms with van der Waals surface area (Å²) in [6, 6.07) is 58.0. The Balaban J connectivity index is 1.25. The van der Waals surface area contributed by atoms with E-state index in [1.54, 1.807) is 0 Å². The standard InChI is InChI=1S/C49H32O/c1-49(2)47-39(23-13-24-40(47)46-33-17-5-3-14-30(33)31-15-4-10-22-38(31)48(46)49)45-36-20-8-6-18-34(36)44(35-19-7-9-21-37(35)45)29-26-27-43-41(28-29)32-16-11-12-25-42(32)50-43/h3-28H,1-2H3. The number of hydrogen-bond acceptors (Lipinski definition) is 1. The first-order valence-corrected chi connectivity index (χ1v) is 17.5. The third-order valence-corrected chi connectivity index (χ3v) is 11.4. The smallest absolute Gasteiger partial charge is 0.135 e. The first-order chi connectivity index (χ1) is 24.6. The molecule has 0 unspecified atom stereocenters. The minimum absolute atomic E-state index is 0.223. The molecule has 0 aliphatic heterocycles. The predicted octanol–water partition coefficient (Wildman–Crippen LogP) is 13.8. The van der Waals surface area contributed by atoms with Crippen LogP contribution in [0.2, 0.25) is 0 Å². The molecule has 1 heteroatoms. The second-order valence-electron chi connectivity index (χ2n) is 14.3. The van der Waals surface area contributed by atoms with Gasteiger partial charge in [-0.3, -0.25) is 0 Å². The van der Waals surface area contributed by atoms with Crippen LogP contribution in [0.4, 0.5) is 0 Å². The molecule has 1 aliphatic rings. The molecule has 0 amide bonds. The van der Waals surface area contributed by atoms with Crippen molar-refractivity contribution in [2.75, 3.05) is 0 Å². The molecule has 0 N–H and O–H groups in total. The fourth-order valence-corrected chi connectivity index (χ4v) is 9.45. The van der Waals surface area contributed by atoms with E-state index in [1.165, 1.54) is 87.6 Å². The molecule has 0 saturated heterocycles. The zero-order valence-electron chi connectivity index (χ0n) is 27.9. The second kappa shape index (κ2) is 9.94. The fraction of sp³-hybridized carbons (Fsp3) is 0.0612. The largest absolute Gasteiger partial charge is 0.456 e. The molecule has 0 bridgehead atoms. The molecule has 9 aromatic carbocycles. The van der Waals surface area contributed by atoms with E-state index in [9.17, 15) is 0 Å². The molecule has 0 atom stereocenters. The normalized spacial score (nSPS) is 13.6. The van der Waals surface area contributed by atoms with Crippen LogP contribution in [0.5, 0.6) is 0 Å². The molecule has 0 radical (unpaired) electrons. The molecule has 1 aromatic heterocycles. The van der Waals surface area contributed by atoms with E-state index in [0.717, 1.165) is 21.9 Å². The zero-order chi connectivity index (χ0) is 33.1. The fourth-order valence-electron chi connectivity index (χ4n) is 9.45. The molecule has 0 fully saturated rings. The molecule has 1 nitrogen and oxygen atoms in total. The molecular formula is C49H32O. The van der Waals surface area contributed by atoms with Crippen molar-refractivity contribution in [1.29, 1.82) is 0 Å². The lowest BCUT2D eigenvalue weighted by Gasteiger charge is -2.27. The van der Waals surface area contributed by atoms with Crippen molar-refractivity contribution in [3.63, 3.8) is 0 Å². The second-order valence-corrected chi connectivity index (χ2v) is 14.3. The van der Waals surface area contributed by atoms with Crippen molar-refractivity contribution in [1.82, 2.24) is 0 Å². The van der Waals surface area contributed by atoms with Crippen molar-refractivity contribution in [2.45, 2.75) is 19.3 Å². The van der Waals surface area contributed by atoms with Gasteiger partial charge in [0.25, 0.3) is 0 Å². The molecule has 1 aliphatic carbocycles. The summed E-state index contributed by atoms with van der Waals surface area (Å²) in [4.78, 5) is 0. The average molecular weight is 637 g/mol. The van der Waals surface area contributed by atoms with Gasteiger partial charge < -0.3 is 4.42 Å². The SMILES string of the molecule is CC1(C)c2c(-c3c4ccccc4c(-c4ccc5oc6ccccc6c5c4)c4ccccc34)cccc2-c2c1c1ccccc1c1ccccc21. The maximum Gasteiger partial charge on any atom is 0.135 e. The maximum atomic E-state index is 6.24. The van der Waals surface area contributed by atoms with Crippen LogP contribution in [0.25, 0.3) is 98.4 Å². The molecule has 0 spiro atoms. The summed E-state index contributed by atoms with van der Waals surface area (Å²) in [6.07, 6.45) is 0. The van der Waals surface area contributed by atoms with Crippen LogP contribution < -0.4 is 0 Å². The van der Waals surface area contributed by atoms with E-state index in [-0.39, 0.29) is 5.41 Å². The van der Waals surface area contributed by atoms with Gasteiger partial charge in [0.2, 0.25) is 0 Å². The van der Waals surface area contributed by atoms with E-state index in [0.29, 0.717) is 0 Å². The zero-order valence-corrected chi connectivity index (χ0v) is 27.9. The highest BCUT2D eigenvalue weighted by atomic mass is 16.3.